The topological polar surface area (TPSA) is 0 Å². The fraction of sp³-hybridized carbons (Fsp3) is 1.00. The first-order valence-electron chi connectivity index (χ1n) is 0.799. The van der Waals surface area contributed by atoms with Crippen LogP contribution in [0.4, 0.5) is 0 Å². The molecule has 4 heavy (non-hydrogen) atoms. The van der Waals surface area contributed by atoms with Crippen molar-refractivity contribution in [3.63, 3.8) is 0 Å². The molecule has 1 unspecified atom stereocenters. The molecule has 0 aliphatic rings. The summed E-state index contributed by atoms with van der Waals surface area (Å²) in [5.41, 5.74) is 0. The quantitative estimate of drug-likeness (QED) is 0.585. The van der Waals surface area contributed by atoms with Gasteiger partial charge < -0.3 is 0 Å². The SMILES string of the molecule is C[P+](Cl)=[W]. The van der Waals surface area contributed by atoms with Gasteiger partial charge in [0.15, 0.2) is 0 Å². The van der Waals surface area contributed by atoms with Crippen molar-refractivity contribution >= 4 is 16.1 Å². The van der Waals surface area contributed by atoms with E-state index in [1.807, 2.05) is 6.66 Å². The van der Waals surface area contributed by atoms with Gasteiger partial charge in [-0.15, -0.1) is 0 Å². The van der Waals surface area contributed by atoms with Gasteiger partial charge in [0, 0.05) is 0 Å². The van der Waals surface area contributed by atoms with Crippen molar-refractivity contribution in [1.29, 1.82) is 0 Å². The van der Waals surface area contributed by atoms with E-state index >= 15 is 0 Å². The predicted molar refractivity (Wildman–Crippen MR) is 18.7 cm³/mol. The molecule has 0 aromatic heterocycles. The van der Waals surface area contributed by atoms with Crippen LogP contribution in [0.15, 0.2) is 0 Å². The summed E-state index contributed by atoms with van der Waals surface area (Å²) in [6, 6.07) is 0. The van der Waals surface area contributed by atoms with E-state index in [4.69, 9.17) is 11.2 Å². The molecule has 0 spiro atoms. The van der Waals surface area contributed by atoms with Crippen LogP contribution in [-0.2, 0) is 18.8 Å². The van der Waals surface area contributed by atoms with Crippen molar-refractivity contribution in [2.75, 3.05) is 6.66 Å². The zero-order valence-electron chi connectivity index (χ0n) is 2.23. The van der Waals surface area contributed by atoms with E-state index in [9.17, 15) is 0 Å². The van der Waals surface area contributed by atoms with Crippen LogP contribution >= 0.6 is 16.1 Å². The van der Waals surface area contributed by atoms with Gasteiger partial charge in [0.2, 0.25) is 0 Å². The van der Waals surface area contributed by atoms with Crippen LogP contribution in [0.3, 0.4) is 0 Å². The molecule has 0 heterocycles. The van der Waals surface area contributed by atoms with Crippen LogP contribution in [-0.4, -0.2) is 6.66 Å². The third-order valence-electron chi connectivity index (χ3n) is 0. The average molecular weight is 265 g/mol. The van der Waals surface area contributed by atoms with Crippen LogP contribution in [0.5, 0.6) is 0 Å². The second kappa shape index (κ2) is 2.51. The van der Waals surface area contributed by atoms with Gasteiger partial charge in [-0.1, -0.05) is 0 Å². The van der Waals surface area contributed by atoms with Crippen molar-refractivity contribution in [3.05, 3.63) is 0 Å². The Balaban J connectivity index is 2.80. The Kier molecular flexibility index (Phi) is 3.31. The Labute approximate surface area is 41.9 Å². The standard InChI is InChI=1S/CH3ClP.W/c1-3-2;/h1H3;/q-1;+2. The molecule has 0 aromatic carbocycles. The summed E-state index contributed by atoms with van der Waals surface area (Å²) in [7, 11) is 0. The number of hydrogen-bond donors (Lipinski definition) is 0. The average Bonchev–Trinajstić information content (AvgIpc) is 0.811. The van der Waals surface area contributed by atoms with Crippen molar-refractivity contribution in [1.82, 2.24) is 0 Å². The molecule has 0 radical (unpaired) electrons. The van der Waals surface area contributed by atoms with Gasteiger partial charge in [-0.05, 0) is 0 Å². The third-order valence-corrected chi connectivity index (χ3v) is 0. The second-order valence-electron chi connectivity index (χ2n) is 0.421. The van der Waals surface area contributed by atoms with Crippen molar-refractivity contribution in [2.24, 2.45) is 0 Å². The zero-order valence-corrected chi connectivity index (χ0v) is 6.82. The molecular weight excluding hydrogens is 262 g/mol. The molecule has 0 nitrogen and oxygen atoms in total. The minimum atomic E-state index is -0.0648. The van der Waals surface area contributed by atoms with Gasteiger partial charge in [-0.3, -0.25) is 0 Å². The molecule has 0 N–H and O–H groups in total. The molecule has 0 aromatic rings. The molecular formula is CH3ClPW+. The van der Waals surface area contributed by atoms with Crippen LogP contribution in [0.2, 0.25) is 0 Å². The van der Waals surface area contributed by atoms with Crippen LogP contribution in [0.25, 0.3) is 0 Å². The predicted octanol–water partition coefficient (Wildman–Crippen LogP) is 1.71. The van der Waals surface area contributed by atoms with Gasteiger partial charge in [-0.2, -0.15) is 0 Å². The van der Waals surface area contributed by atoms with E-state index in [-0.39, 0.29) is 4.91 Å². The first kappa shape index (κ1) is 5.28. The van der Waals surface area contributed by atoms with Gasteiger partial charge in [-0.25, -0.2) is 0 Å². The third kappa shape index (κ3) is 10.4. The first-order valence-corrected chi connectivity index (χ1v) is 7.35. The van der Waals surface area contributed by atoms with E-state index < -0.39 is 0 Å². The maximum absolute atomic E-state index is 5.38. The van der Waals surface area contributed by atoms with Crippen molar-refractivity contribution in [3.8, 4) is 0 Å². The number of rotatable bonds is 0. The number of halogens is 1. The van der Waals surface area contributed by atoms with E-state index in [0.29, 0.717) is 0 Å². The van der Waals surface area contributed by atoms with Crippen molar-refractivity contribution < 1.29 is 18.8 Å². The monoisotopic (exact) mass is 265 g/mol. The molecule has 0 fully saturated rings. The van der Waals surface area contributed by atoms with Crippen LogP contribution < -0.4 is 0 Å². The van der Waals surface area contributed by atoms with Crippen molar-refractivity contribution in [2.45, 2.75) is 0 Å². The maximum atomic E-state index is 5.38. The molecule has 3 heteroatoms. The Hall–Kier alpha value is 1.28. The zero-order chi connectivity index (χ0) is 3.58. The second-order valence-corrected chi connectivity index (χ2v) is 11.1. The van der Waals surface area contributed by atoms with Gasteiger partial charge in [0.25, 0.3) is 0 Å². The van der Waals surface area contributed by atoms with Gasteiger partial charge in [0.1, 0.15) is 0 Å². The molecule has 0 aliphatic carbocycles. The molecule has 0 bridgehead atoms. The Morgan fingerprint density at radius 3 is 2.00 bits per heavy atom. The Morgan fingerprint density at radius 1 is 2.00 bits per heavy atom. The molecule has 24 valence electrons. The summed E-state index contributed by atoms with van der Waals surface area (Å²) in [5, 5.41) is 0. The first-order chi connectivity index (χ1) is 1.73. The number of hydrogen-bond acceptors (Lipinski definition) is 0. The minimum absolute atomic E-state index is 0.0648. The summed E-state index contributed by atoms with van der Waals surface area (Å²) >= 11 is 6.88. The summed E-state index contributed by atoms with van der Waals surface area (Å²) < 4.78 is 0. The van der Waals surface area contributed by atoms with Crippen LogP contribution in [0, 0.1) is 0 Å². The molecule has 0 saturated carbocycles. The Morgan fingerprint density at radius 2 is 2.00 bits per heavy atom. The summed E-state index contributed by atoms with van der Waals surface area (Å²) in [5.74, 6) is 0. The molecule has 0 rings (SSSR count). The van der Waals surface area contributed by atoms with E-state index in [1.165, 1.54) is 18.8 Å². The molecule has 0 amide bonds. The summed E-state index contributed by atoms with van der Waals surface area (Å²) in [6.45, 7) is 2.03. The van der Waals surface area contributed by atoms with Gasteiger partial charge in [0.05, 0.1) is 0 Å². The summed E-state index contributed by atoms with van der Waals surface area (Å²) in [6.07, 6.45) is 0. The molecule has 0 saturated heterocycles. The van der Waals surface area contributed by atoms with E-state index in [0.717, 1.165) is 0 Å². The van der Waals surface area contributed by atoms with Crippen LogP contribution in [0.1, 0.15) is 0 Å². The van der Waals surface area contributed by atoms with Gasteiger partial charge >= 0.3 is 41.6 Å². The van der Waals surface area contributed by atoms with E-state index in [2.05, 4.69) is 0 Å². The normalized spacial score (nSPS) is 11.0. The molecule has 0 aliphatic heterocycles. The Bertz CT molecular complexity index is 31.0. The molecule has 1 atom stereocenters. The fourth-order valence-corrected chi connectivity index (χ4v) is 0. The fourth-order valence-electron chi connectivity index (χ4n) is 0. The van der Waals surface area contributed by atoms with E-state index in [1.54, 1.807) is 0 Å². The summed E-state index contributed by atoms with van der Waals surface area (Å²) in [4.78, 5) is -0.0648.